The Bertz CT molecular complexity index is 967. The van der Waals surface area contributed by atoms with Gasteiger partial charge in [0, 0.05) is 36.3 Å². The zero-order valence-electron chi connectivity index (χ0n) is 15.7. The summed E-state index contributed by atoms with van der Waals surface area (Å²) in [6, 6.07) is 10.5. The molecule has 2 aromatic carbocycles. The highest BCUT2D eigenvalue weighted by Gasteiger charge is 2.35. The van der Waals surface area contributed by atoms with Gasteiger partial charge in [0.25, 0.3) is 0 Å². The van der Waals surface area contributed by atoms with Crippen molar-refractivity contribution in [1.29, 1.82) is 0 Å². The van der Waals surface area contributed by atoms with E-state index >= 15 is 0 Å². The molecule has 0 fully saturated rings. The molecule has 152 valence electrons. The minimum Gasteiger partial charge on any atom is -0.382 e. The Labute approximate surface area is 172 Å². The van der Waals surface area contributed by atoms with Crippen molar-refractivity contribution in [3.8, 4) is 0 Å². The molecule has 1 aromatic heterocycles. The van der Waals surface area contributed by atoms with Gasteiger partial charge in [-0.1, -0.05) is 41.9 Å². The van der Waals surface area contributed by atoms with Gasteiger partial charge < -0.3 is 5.11 Å². The molecule has 0 radical (unpaired) electrons. The summed E-state index contributed by atoms with van der Waals surface area (Å²) in [5, 5.41) is 16.1. The van der Waals surface area contributed by atoms with Crippen LogP contribution in [0, 0.1) is 11.6 Å². The third kappa shape index (κ3) is 5.26. The lowest BCUT2D eigenvalue weighted by Gasteiger charge is -2.34. The van der Waals surface area contributed by atoms with E-state index in [1.807, 2.05) is 23.1 Å². The summed E-state index contributed by atoms with van der Waals surface area (Å²) in [6.07, 6.45) is 4.44. The summed E-state index contributed by atoms with van der Waals surface area (Å²) >= 11 is 6.28. The summed E-state index contributed by atoms with van der Waals surface area (Å²) < 4.78 is 29.4. The van der Waals surface area contributed by atoms with Crippen LogP contribution in [-0.2, 0) is 18.7 Å². The van der Waals surface area contributed by atoms with Crippen LogP contribution in [0.2, 0.25) is 5.02 Å². The lowest BCUT2D eigenvalue weighted by Crippen LogP contribution is -2.44. The van der Waals surface area contributed by atoms with Crippen LogP contribution in [-0.4, -0.2) is 37.9 Å². The Morgan fingerprint density at radius 3 is 2.69 bits per heavy atom. The number of aromatic nitrogens is 3. The molecule has 0 spiro atoms. The molecule has 0 saturated heterocycles. The second-order valence-corrected chi connectivity index (χ2v) is 7.21. The average molecular weight is 419 g/mol. The molecule has 0 unspecified atom stereocenters. The van der Waals surface area contributed by atoms with Crippen molar-refractivity contribution in [2.75, 3.05) is 13.1 Å². The van der Waals surface area contributed by atoms with Crippen LogP contribution in [0.3, 0.4) is 0 Å². The van der Waals surface area contributed by atoms with Gasteiger partial charge in [-0.2, -0.15) is 5.10 Å². The number of aliphatic hydroxyl groups is 1. The third-order valence-electron chi connectivity index (χ3n) is 4.55. The summed E-state index contributed by atoms with van der Waals surface area (Å²) in [5.74, 6) is -1.54. The zero-order valence-corrected chi connectivity index (χ0v) is 16.4. The molecule has 0 aliphatic rings. The van der Waals surface area contributed by atoms with Crippen molar-refractivity contribution in [3.05, 3.63) is 95.6 Å². The molecule has 3 rings (SSSR count). The van der Waals surface area contributed by atoms with Crippen molar-refractivity contribution in [1.82, 2.24) is 19.7 Å². The van der Waals surface area contributed by atoms with Crippen LogP contribution in [0.25, 0.3) is 0 Å². The van der Waals surface area contributed by atoms with Gasteiger partial charge in [0.05, 0.1) is 6.54 Å². The zero-order chi connectivity index (χ0) is 20.9. The third-order valence-corrected chi connectivity index (χ3v) is 4.92. The van der Waals surface area contributed by atoms with E-state index in [4.69, 9.17) is 11.6 Å². The Morgan fingerprint density at radius 2 is 2.03 bits per heavy atom. The fourth-order valence-electron chi connectivity index (χ4n) is 3.27. The van der Waals surface area contributed by atoms with E-state index in [0.717, 1.165) is 17.7 Å². The Hall–Kier alpha value is -2.61. The molecule has 1 heterocycles. The maximum atomic E-state index is 14.6. The molecule has 0 amide bonds. The lowest BCUT2D eigenvalue weighted by molar-refractivity contribution is -0.0210. The summed E-state index contributed by atoms with van der Waals surface area (Å²) in [6.45, 7) is 4.57. The maximum Gasteiger partial charge on any atom is 0.137 e. The van der Waals surface area contributed by atoms with E-state index in [1.54, 1.807) is 12.1 Å². The van der Waals surface area contributed by atoms with Gasteiger partial charge in [-0.15, -0.1) is 6.58 Å². The van der Waals surface area contributed by atoms with Crippen LogP contribution in [0.15, 0.2) is 67.8 Å². The fourth-order valence-corrected chi connectivity index (χ4v) is 3.47. The fraction of sp³-hybridized carbons (Fsp3) is 0.238. The molecule has 3 aromatic rings. The van der Waals surface area contributed by atoms with Gasteiger partial charge >= 0.3 is 0 Å². The van der Waals surface area contributed by atoms with Gasteiger partial charge in [-0.3, -0.25) is 4.90 Å². The monoisotopic (exact) mass is 418 g/mol. The Balaban J connectivity index is 1.95. The van der Waals surface area contributed by atoms with E-state index < -0.39 is 17.2 Å². The molecular weight excluding hydrogens is 398 g/mol. The second-order valence-electron chi connectivity index (χ2n) is 6.80. The maximum absolute atomic E-state index is 14.6. The van der Waals surface area contributed by atoms with Crippen LogP contribution in [0.5, 0.6) is 0 Å². The molecule has 0 saturated carbocycles. The van der Waals surface area contributed by atoms with Gasteiger partial charge in [-0.25, -0.2) is 18.4 Å². The van der Waals surface area contributed by atoms with E-state index in [9.17, 15) is 13.9 Å². The van der Waals surface area contributed by atoms with Crippen molar-refractivity contribution in [2.24, 2.45) is 0 Å². The topological polar surface area (TPSA) is 54.2 Å². The van der Waals surface area contributed by atoms with E-state index in [1.165, 1.54) is 23.4 Å². The highest BCUT2D eigenvalue weighted by molar-refractivity contribution is 6.31. The van der Waals surface area contributed by atoms with Crippen molar-refractivity contribution >= 4 is 11.6 Å². The Morgan fingerprint density at radius 1 is 1.24 bits per heavy atom. The highest BCUT2D eigenvalue weighted by Crippen LogP contribution is 2.29. The molecule has 1 atom stereocenters. The van der Waals surface area contributed by atoms with E-state index in [2.05, 4.69) is 16.7 Å². The second kappa shape index (κ2) is 9.26. The number of benzene rings is 2. The minimum atomic E-state index is -1.70. The van der Waals surface area contributed by atoms with Gasteiger partial charge in [0.2, 0.25) is 0 Å². The van der Waals surface area contributed by atoms with E-state index in [-0.39, 0.29) is 18.7 Å². The van der Waals surface area contributed by atoms with Crippen molar-refractivity contribution in [2.45, 2.75) is 18.7 Å². The molecule has 0 bridgehead atoms. The number of rotatable bonds is 9. The summed E-state index contributed by atoms with van der Waals surface area (Å²) in [4.78, 5) is 5.75. The quantitative estimate of drug-likeness (QED) is 0.537. The number of halogens is 3. The highest BCUT2D eigenvalue weighted by atomic mass is 35.5. The Kier molecular flexibility index (Phi) is 6.74. The van der Waals surface area contributed by atoms with Crippen LogP contribution in [0.4, 0.5) is 8.78 Å². The smallest absolute Gasteiger partial charge is 0.137 e. The van der Waals surface area contributed by atoms with Crippen LogP contribution in [0.1, 0.15) is 11.1 Å². The van der Waals surface area contributed by atoms with Gasteiger partial charge in [0.1, 0.15) is 29.9 Å². The van der Waals surface area contributed by atoms with Crippen molar-refractivity contribution in [3.63, 3.8) is 0 Å². The molecule has 8 heteroatoms. The van der Waals surface area contributed by atoms with Crippen LogP contribution >= 0.6 is 11.6 Å². The van der Waals surface area contributed by atoms with Gasteiger partial charge in [0.15, 0.2) is 0 Å². The predicted octanol–water partition coefficient (Wildman–Crippen LogP) is 3.79. The number of nitrogens with zero attached hydrogens (tertiary/aromatic N) is 4. The molecule has 5 nitrogen and oxygen atoms in total. The number of hydrogen-bond acceptors (Lipinski definition) is 4. The molecule has 0 aliphatic heterocycles. The molecule has 29 heavy (non-hydrogen) atoms. The molecule has 1 N–H and O–H groups in total. The standard InChI is InChI=1S/C21H21ClF2N4O/c1-2-9-27(11-16-5-3-4-6-19(16)22)12-21(29,13-28-15-25-14-26-28)18-8-7-17(23)10-20(18)24/h2-8,10,14-15,29H,1,9,11-13H2/t21-/m1/s1. The number of hydrogen-bond donors (Lipinski definition) is 1. The SMILES string of the molecule is C=CCN(Cc1ccccc1Cl)C[C@@](O)(Cn1cncn1)c1ccc(F)cc1F. The summed E-state index contributed by atoms with van der Waals surface area (Å²) in [5.41, 5.74) is -0.864. The first kappa shape index (κ1) is 21.1. The van der Waals surface area contributed by atoms with Crippen LogP contribution < -0.4 is 0 Å². The lowest BCUT2D eigenvalue weighted by atomic mass is 9.92. The molecule has 0 aliphatic carbocycles. The van der Waals surface area contributed by atoms with E-state index in [0.29, 0.717) is 18.1 Å². The minimum absolute atomic E-state index is 0.0254. The predicted molar refractivity (Wildman–Crippen MR) is 107 cm³/mol. The first-order valence-corrected chi connectivity index (χ1v) is 9.36. The van der Waals surface area contributed by atoms with Gasteiger partial charge in [-0.05, 0) is 17.7 Å². The average Bonchev–Trinajstić information content (AvgIpc) is 3.16. The normalized spacial score (nSPS) is 13.4. The van der Waals surface area contributed by atoms with Crippen molar-refractivity contribution < 1.29 is 13.9 Å². The first-order valence-electron chi connectivity index (χ1n) is 8.98. The summed E-state index contributed by atoms with van der Waals surface area (Å²) in [7, 11) is 0. The first-order chi connectivity index (χ1) is 13.9. The molecular formula is C21H21ClF2N4O. The largest absolute Gasteiger partial charge is 0.382 e.